The third kappa shape index (κ3) is 2.34. The van der Waals surface area contributed by atoms with E-state index in [1.54, 1.807) is 0 Å². The number of methoxy groups -OCH3 is 1. The van der Waals surface area contributed by atoms with Crippen LogP contribution in [0.25, 0.3) is 0 Å². The standard InChI is InChI=1S/C10H14F2N4O2/c1-18-8-6(17)4-16(5-10(8,11)12)9-14-3-2-7(13)15-9/h2-3,6,8,17H,4-5H2,1H3,(H2,13,14,15)/t6-,8-/m0/s1. The summed E-state index contributed by atoms with van der Waals surface area (Å²) >= 11 is 0. The Morgan fingerprint density at radius 1 is 1.61 bits per heavy atom. The predicted octanol–water partition coefficient (Wildman–Crippen LogP) is -0.110. The molecule has 3 N–H and O–H groups in total. The van der Waals surface area contributed by atoms with Gasteiger partial charge in [0, 0.05) is 19.9 Å². The minimum Gasteiger partial charge on any atom is -0.388 e. The van der Waals surface area contributed by atoms with Gasteiger partial charge in [0.1, 0.15) is 18.0 Å². The smallest absolute Gasteiger partial charge is 0.293 e. The van der Waals surface area contributed by atoms with Gasteiger partial charge in [0.25, 0.3) is 5.92 Å². The Kier molecular flexibility index (Phi) is 3.31. The Balaban J connectivity index is 2.23. The fraction of sp³-hybridized carbons (Fsp3) is 0.600. The first-order valence-corrected chi connectivity index (χ1v) is 5.36. The molecule has 1 saturated heterocycles. The number of anilines is 2. The molecule has 6 nitrogen and oxygen atoms in total. The fourth-order valence-corrected chi connectivity index (χ4v) is 2.01. The minimum atomic E-state index is -3.18. The number of hydrogen-bond acceptors (Lipinski definition) is 6. The Morgan fingerprint density at radius 2 is 2.33 bits per heavy atom. The summed E-state index contributed by atoms with van der Waals surface area (Å²) in [6.45, 7) is -0.649. The third-order valence-electron chi connectivity index (χ3n) is 2.78. The normalized spacial score (nSPS) is 27.2. The molecule has 0 aliphatic carbocycles. The molecule has 2 atom stereocenters. The highest BCUT2D eigenvalue weighted by atomic mass is 19.3. The maximum Gasteiger partial charge on any atom is 0.293 e. The van der Waals surface area contributed by atoms with Crippen LogP contribution < -0.4 is 10.6 Å². The predicted molar refractivity (Wildman–Crippen MR) is 60.4 cm³/mol. The van der Waals surface area contributed by atoms with Gasteiger partial charge in [-0.2, -0.15) is 4.98 Å². The Hall–Kier alpha value is -1.54. The second-order valence-electron chi connectivity index (χ2n) is 4.15. The monoisotopic (exact) mass is 260 g/mol. The lowest BCUT2D eigenvalue weighted by molar-refractivity contribution is -0.171. The summed E-state index contributed by atoms with van der Waals surface area (Å²) in [6, 6.07) is 1.46. The molecule has 0 amide bonds. The second kappa shape index (κ2) is 4.62. The number of nitrogen functional groups attached to an aromatic ring is 1. The van der Waals surface area contributed by atoms with Gasteiger partial charge >= 0.3 is 0 Å². The van der Waals surface area contributed by atoms with Crippen LogP contribution in [-0.2, 0) is 4.74 Å². The van der Waals surface area contributed by atoms with E-state index in [-0.39, 0.29) is 18.3 Å². The van der Waals surface area contributed by atoms with E-state index in [0.29, 0.717) is 0 Å². The number of piperidine rings is 1. The molecular weight excluding hydrogens is 246 g/mol. The number of rotatable bonds is 2. The van der Waals surface area contributed by atoms with Crippen molar-refractivity contribution in [2.24, 2.45) is 0 Å². The summed E-state index contributed by atoms with van der Waals surface area (Å²) in [6.07, 6.45) is -1.46. The lowest BCUT2D eigenvalue weighted by Gasteiger charge is -2.40. The maximum absolute atomic E-state index is 13.7. The largest absolute Gasteiger partial charge is 0.388 e. The van der Waals surface area contributed by atoms with E-state index in [4.69, 9.17) is 5.73 Å². The van der Waals surface area contributed by atoms with Crippen LogP contribution in [0.3, 0.4) is 0 Å². The van der Waals surface area contributed by atoms with E-state index < -0.39 is 24.7 Å². The molecule has 1 aromatic heterocycles. The van der Waals surface area contributed by atoms with Gasteiger partial charge in [-0.3, -0.25) is 0 Å². The second-order valence-corrected chi connectivity index (χ2v) is 4.15. The average molecular weight is 260 g/mol. The number of nitrogens with zero attached hydrogens (tertiary/aromatic N) is 3. The van der Waals surface area contributed by atoms with Crippen LogP contribution in [-0.4, -0.2) is 53.4 Å². The number of nitrogens with two attached hydrogens (primary N) is 1. The molecule has 0 bridgehead atoms. The average Bonchev–Trinajstić information content (AvgIpc) is 2.27. The molecule has 8 heteroatoms. The number of aliphatic hydroxyl groups excluding tert-OH is 1. The number of β-amino-alcohol motifs (C(OH)–C–C–N with tert-alkyl or cyclic N) is 1. The quantitative estimate of drug-likeness (QED) is 0.772. The zero-order valence-corrected chi connectivity index (χ0v) is 9.75. The third-order valence-corrected chi connectivity index (χ3v) is 2.78. The summed E-state index contributed by atoms with van der Waals surface area (Å²) in [5.74, 6) is -2.92. The summed E-state index contributed by atoms with van der Waals surface area (Å²) < 4.78 is 32.1. The number of halogens is 2. The van der Waals surface area contributed by atoms with Crippen molar-refractivity contribution >= 4 is 11.8 Å². The molecule has 0 unspecified atom stereocenters. The first-order valence-electron chi connectivity index (χ1n) is 5.36. The summed E-state index contributed by atoms with van der Waals surface area (Å²) in [4.78, 5) is 8.91. The molecule has 0 aromatic carbocycles. The zero-order chi connectivity index (χ0) is 13.3. The van der Waals surface area contributed by atoms with Gasteiger partial charge < -0.3 is 20.5 Å². The molecule has 1 fully saturated rings. The van der Waals surface area contributed by atoms with Crippen LogP contribution in [0, 0.1) is 0 Å². The van der Waals surface area contributed by atoms with Gasteiger partial charge in [-0.05, 0) is 6.07 Å². The van der Waals surface area contributed by atoms with Gasteiger partial charge in [0.15, 0.2) is 0 Å². The maximum atomic E-state index is 13.7. The van der Waals surface area contributed by atoms with E-state index >= 15 is 0 Å². The van der Waals surface area contributed by atoms with Crippen molar-refractivity contribution in [2.75, 3.05) is 30.8 Å². The SMILES string of the molecule is CO[C@H]1[C@@H](O)CN(c2nccc(N)n2)CC1(F)F. The Bertz CT molecular complexity index is 432. The van der Waals surface area contributed by atoms with Crippen molar-refractivity contribution in [2.45, 2.75) is 18.1 Å². The number of alkyl halides is 2. The van der Waals surface area contributed by atoms with Gasteiger partial charge in [-0.15, -0.1) is 0 Å². The lowest BCUT2D eigenvalue weighted by atomic mass is 10.0. The number of ether oxygens (including phenoxy) is 1. The van der Waals surface area contributed by atoms with Crippen molar-refractivity contribution < 1.29 is 18.6 Å². The molecule has 2 rings (SSSR count). The Morgan fingerprint density at radius 3 is 2.89 bits per heavy atom. The van der Waals surface area contributed by atoms with Gasteiger partial charge in [0.05, 0.1) is 6.54 Å². The first-order chi connectivity index (χ1) is 8.44. The lowest BCUT2D eigenvalue weighted by Crippen LogP contribution is -2.60. The van der Waals surface area contributed by atoms with Gasteiger partial charge in [-0.25, -0.2) is 13.8 Å². The minimum absolute atomic E-state index is 0.0302. The topological polar surface area (TPSA) is 84.5 Å². The van der Waals surface area contributed by atoms with Gasteiger partial charge in [-0.1, -0.05) is 0 Å². The summed E-state index contributed by atoms with van der Waals surface area (Å²) in [5.41, 5.74) is 5.47. The zero-order valence-electron chi connectivity index (χ0n) is 9.75. The molecule has 1 aliphatic heterocycles. The summed E-state index contributed by atoms with van der Waals surface area (Å²) in [5, 5.41) is 9.67. The van der Waals surface area contributed by atoms with E-state index in [9.17, 15) is 13.9 Å². The van der Waals surface area contributed by atoms with E-state index in [0.717, 1.165) is 7.11 Å². The fourth-order valence-electron chi connectivity index (χ4n) is 2.01. The molecule has 1 aromatic rings. The van der Waals surface area contributed by atoms with Crippen molar-refractivity contribution in [3.63, 3.8) is 0 Å². The molecule has 0 radical (unpaired) electrons. The van der Waals surface area contributed by atoms with Crippen molar-refractivity contribution in [3.8, 4) is 0 Å². The Labute approximate surface area is 102 Å². The molecule has 0 saturated carbocycles. The number of aromatic nitrogens is 2. The van der Waals surface area contributed by atoms with Crippen LogP contribution in [0.1, 0.15) is 0 Å². The molecule has 18 heavy (non-hydrogen) atoms. The summed E-state index contributed by atoms with van der Waals surface area (Å²) in [7, 11) is 1.15. The first kappa shape index (κ1) is 12.9. The van der Waals surface area contributed by atoms with Crippen LogP contribution in [0.15, 0.2) is 12.3 Å². The molecular formula is C10H14F2N4O2. The number of hydrogen-bond donors (Lipinski definition) is 2. The van der Waals surface area contributed by atoms with E-state index in [1.807, 2.05) is 0 Å². The molecule has 100 valence electrons. The highest BCUT2D eigenvalue weighted by Gasteiger charge is 2.50. The van der Waals surface area contributed by atoms with E-state index in [1.165, 1.54) is 17.2 Å². The van der Waals surface area contributed by atoms with Crippen molar-refractivity contribution in [1.29, 1.82) is 0 Å². The van der Waals surface area contributed by atoms with Crippen LogP contribution in [0.2, 0.25) is 0 Å². The van der Waals surface area contributed by atoms with Crippen molar-refractivity contribution in [3.05, 3.63) is 12.3 Å². The van der Waals surface area contributed by atoms with Gasteiger partial charge in [0.2, 0.25) is 5.95 Å². The van der Waals surface area contributed by atoms with Crippen LogP contribution in [0.4, 0.5) is 20.5 Å². The van der Waals surface area contributed by atoms with Crippen molar-refractivity contribution in [1.82, 2.24) is 9.97 Å². The number of aliphatic hydroxyl groups is 1. The van der Waals surface area contributed by atoms with Crippen LogP contribution in [0.5, 0.6) is 0 Å². The molecule has 1 aliphatic rings. The highest BCUT2D eigenvalue weighted by Crippen LogP contribution is 2.31. The van der Waals surface area contributed by atoms with E-state index in [2.05, 4.69) is 14.7 Å². The highest BCUT2D eigenvalue weighted by molar-refractivity contribution is 5.39. The van der Waals surface area contributed by atoms with Crippen LogP contribution >= 0.6 is 0 Å². The molecule has 0 spiro atoms. The molecule has 2 heterocycles.